The summed E-state index contributed by atoms with van der Waals surface area (Å²) < 4.78 is 10.8. The first-order chi connectivity index (χ1) is 9.59. The Bertz CT molecular complexity index is 432. The summed E-state index contributed by atoms with van der Waals surface area (Å²) in [5, 5.41) is 11.2. The third-order valence-electron chi connectivity index (χ3n) is 4.72. The zero-order valence-corrected chi connectivity index (χ0v) is 12.8. The van der Waals surface area contributed by atoms with E-state index in [9.17, 15) is 5.11 Å². The maximum absolute atomic E-state index is 11.2. The van der Waals surface area contributed by atoms with E-state index in [1.54, 1.807) is 7.11 Å². The number of ether oxygens (including phenoxy) is 2. The Kier molecular flexibility index (Phi) is 5.06. The van der Waals surface area contributed by atoms with Gasteiger partial charge in [-0.1, -0.05) is 38.5 Å². The summed E-state index contributed by atoms with van der Waals surface area (Å²) >= 11 is 0. The predicted molar refractivity (Wildman–Crippen MR) is 79.9 cm³/mol. The molecule has 0 radical (unpaired) electrons. The molecule has 3 nitrogen and oxygen atoms in total. The van der Waals surface area contributed by atoms with E-state index in [0.29, 0.717) is 19.1 Å². The van der Waals surface area contributed by atoms with Crippen molar-refractivity contribution in [3.63, 3.8) is 0 Å². The van der Waals surface area contributed by atoms with Gasteiger partial charge < -0.3 is 14.6 Å². The fourth-order valence-corrected chi connectivity index (χ4v) is 3.21. The molecule has 112 valence electrons. The lowest BCUT2D eigenvalue weighted by Gasteiger charge is -2.42. The van der Waals surface area contributed by atoms with Crippen LogP contribution in [0.4, 0.5) is 0 Å². The standard InChI is InChI=1S/C17H26O3/c1-13-7-6-10-17(18,14(13)2)15-8-4-5-9-16(15)20-12-11-19-3/h4-5,8-9,13-14,18H,6-7,10-12H2,1-3H3. The van der Waals surface area contributed by atoms with Crippen LogP contribution in [0.25, 0.3) is 0 Å². The van der Waals surface area contributed by atoms with Gasteiger partial charge in [-0.05, 0) is 30.7 Å². The molecule has 1 saturated carbocycles. The molecule has 0 saturated heterocycles. The monoisotopic (exact) mass is 278 g/mol. The molecule has 1 aliphatic carbocycles. The molecule has 0 heterocycles. The summed E-state index contributed by atoms with van der Waals surface area (Å²) in [6.45, 7) is 5.44. The summed E-state index contributed by atoms with van der Waals surface area (Å²) in [5.74, 6) is 1.55. The third kappa shape index (κ3) is 2.99. The highest BCUT2D eigenvalue weighted by molar-refractivity contribution is 5.39. The summed E-state index contributed by atoms with van der Waals surface area (Å²) in [6.07, 6.45) is 3.06. The van der Waals surface area contributed by atoms with E-state index in [2.05, 4.69) is 13.8 Å². The quantitative estimate of drug-likeness (QED) is 0.839. The molecule has 0 aromatic heterocycles. The van der Waals surface area contributed by atoms with Crippen molar-refractivity contribution in [1.29, 1.82) is 0 Å². The van der Waals surface area contributed by atoms with Crippen molar-refractivity contribution in [2.45, 2.75) is 38.7 Å². The topological polar surface area (TPSA) is 38.7 Å². The molecule has 20 heavy (non-hydrogen) atoms. The number of aliphatic hydroxyl groups is 1. The summed E-state index contributed by atoms with van der Waals surface area (Å²) in [6, 6.07) is 7.86. The van der Waals surface area contributed by atoms with Crippen molar-refractivity contribution >= 4 is 0 Å². The molecule has 0 bridgehead atoms. The lowest BCUT2D eigenvalue weighted by molar-refractivity contribution is -0.0706. The van der Waals surface area contributed by atoms with Gasteiger partial charge in [0.25, 0.3) is 0 Å². The highest BCUT2D eigenvalue weighted by atomic mass is 16.5. The summed E-state index contributed by atoms with van der Waals surface area (Å²) in [4.78, 5) is 0. The second-order valence-electron chi connectivity index (χ2n) is 5.92. The highest BCUT2D eigenvalue weighted by Crippen LogP contribution is 2.46. The van der Waals surface area contributed by atoms with Crippen LogP contribution in [0.2, 0.25) is 0 Å². The Labute approximate surface area is 121 Å². The molecule has 3 heteroatoms. The van der Waals surface area contributed by atoms with Crippen LogP contribution >= 0.6 is 0 Å². The van der Waals surface area contributed by atoms with Gasteiger partial charge in [0, 0.05) is 12.7 Å². The molecular formula is C17H26O3. The molecule has 1 aromatic rings. The number of methoxy groups -OCH3 is 1. The van der Waals surface area contributed by atoms with Gasteiger partial charge in [0.2, 0.25) is 0 Å². The van der Waals surface area contributed by atoms with Crippen LogP contribution in [-0.4, -0.2) is 25.4 Å². The second kappa shape index (κ2) is 6.59. The molecule has 1 fully saturated rings. The minimum atomic E-state index is -0.776. The largest absolute Gasteiger partial charge is 0.491 e. The van der Waals surface area contributed by atoms with Crippen LogP contribution in [-0.2, 0) is 10.3 Å². The van der Waals surface area contributed by atoms with Crippen LogP contribution in [0.3, 0.4) is 0 Å². The zero-order valence-electron chi connectivity index (χ0n) is 12.8. The minimum Gasteiger partial charge on any atom is -0.491 e. The summed E-state index contributed by atoms with van der Waals surface area (Å²) in [7, 11) is 1.66. The lowest BCUT2D eigenvalue weighted by atomic mass is 9.67. The fraction of sp³-hybridized carbons (Fsp3) is 0.647. The van der Waals surface area contributed by atoms with E-state index < -0.39 is 5.60 Å². The highest BCUT2D eigenvalue weighted by Gasteiger charge is 2.42. The Morgan fingerprint density at radius 1 is 1.25 bits per heavy atom. The van der Waals surface area contributed by atoms with Crippen LogP contribution in [0.15, 0.2) is 24.3 Å². The first kappa shape index (κ1) is 15.3. The van der Waals surface area contributed by atoms with Crippen LogP contribution in [0.5, 0.6) is 5.75 Å². The first-order valence-corrected chi connectivity index (χ1v) is 7.53. The minimum absolute atomic E-state index is 0.239. The molecule has 3 atom stereocenters. The normalized spacial score (nSPS) is 30.2. The number of para-hydroxylation sites is 1. The zero-order chi connectivity index (χ0) is 14.6. The Hall–Kier alpha value is -1.06. The van der Waals surface area contributed by atoms with Crippen molar-refractivity contribution in [3.8, 4) is 5.75 Å². The Morgan fingerprint density at radius 2 is 2.00 bits per heavy atom. The molecule has 0 amide bonds. The number of benzene rings is 1. The van der Waals surface area contributed by atoms with Crippen LogP contribution in [0.1, 0.15) is 38.7 Å². The number of hydrogen-bond acceptors (Lipinski definition) is 3. The molecule has 0 spiro atoms. The van der Waals surface area contributed by atoms with Crippen molar-refractivity contribution in [1.82, 2.24) is 0 Å². The van der Waals surface area contributed by atoms with Crippen LogP contribution in [0, 0.1) is 11.8 Å². The van der Waals surface area contributed by atoms with Gasteiger partial charge in [-0.3, -0.25) is 0 Å². The second-order valence-corrected chi connectivity index (χ2v) is 5.92. The smallest absolute Gasteiger partial charge is 0.125 e. The fourth-order valence-electron chi connectivity index (χ4n) is 3.21. The van der Waals surface area contributed by atoms with E-state index in [4.69, 9.17) is 9.47 Å². The van der Waals surface area contributed by atoms with Gasteiger partial charge in [-0.2, -0.15) is 0 Å². The average molecular weight is 278 g/mol. The Morgan fingerprint density at radius 3 is 2.75 bits per heavy atom. The molecule has 3 unspecified atom stereocenters. The van der Waals surface area contributed by atoms with E-state index in [1.165, 1.54) is 6.42 Å². The molecule has 1 N–H and O–H groups in total. The van der Waals surface area contributed by atoms with Gasteiger partial charge in [0.15, 0.2) is 0 Å². The summed E-state index contributed by atoms with van der Waals surface area (Å²) in [5.41, 5.74) is 0.150. The van der Waals surface area contributed by atoms with Crippen molar-refractivity contribution < 1.29 is 14.6 Å². The van der Waals surface area contributed by atoms with Gasteiger partial charge in [-0.15, -0.1) is 0 Å². The molecule has 2 rings (SSSR count). The molecule has 0 aliphatic heterocycles. The van der Waals surface area contributed by atoms with Crippen molar-refractivity contribution in [2.24, 2.45) is 11.8 Å². The van der Waals surface area contributed by atoms with Gasteiger partial charge in [0.1, 0.15) is 12.4 Å². The lowest BCUT2D eigenvalue weighted by Crippen LogP contribution is -2.40. The maximum atomic E-state index is 11.2. The van der Waals surface area contributed by atoms with E-state index >= 15 is 0 Å². The van der Waals surface area contributed by atoms with E-state index in [1.807, 2.05) is 24.3 Å². The Balaban J connectivity index is 2.26. The van der Waals surface area contributed by atoms with Crippen LogP contribution < -0.4 is 4.74 Å². The molecule has 1 aromatic carbocycles. The SMILES string of the molecule is COCCOc1ccccc1C1(O)CCCC(C)C1C. The maximum Gasteiger partial charge on any atom is 0.125 e. The predicted octanol–water partition coefficient (Wildman–Crippen LogP) is 3.36. The van der Waals surface area contributed by atoms with Gasteiger partial charge in [0.05, 0.1) is 12.2 Å². The number of hydrogen-bond donors (Lipinski definition) is 1. The van der Waals surface area contributed by atoms with Gasteiger partial charge in [-0.25, -0.2) is 0 Å². The van der Waals surface area contributed by atoms with Crippen molar-refractivity contribution in [3.05, 3.63) is 29.8 Å². The van der Waals surface area contributed by atoms with E-state index in [-0.39, 0.29) is 5.92 Å². The number of rotatable bonds is 5. The van der Waals surface area contributed by atoms with Gasteiger partial charge >= 0.3 is 0 Å². The molecule has 1 aliphatic rings. The first-order valence-electron chi connectivity index (χ1n) is 7.53. The van der Waals surface area contributed by atoms with E-state index in [0.717, 1.165) is 24.2 Å². The third-order valence-corrected chi connectivity index (χ3v) is 4.72. The molecular weight excluding hydrogens is 252 g/mol. The average Bonchev–Trinajstić information content (AvgIpc) is 2.45. The van der Waals surface area contributed by atoms with Crippen molar-refractivity contribution in [2.75, 3.05) is 20.3 Å².